The molecular formula is C28H37NO4. The normalized spacial score (nSPS) is 16.0. The number of aliphatic hydroxyl groups is 1. The van der Waals surface area contributed by atoms with E-state index in [1.807, 2.05) is 31.2 Å². The molecule has 0 unspecified atom stereocenters. The van der Waals surface area contributed by atoms with Gasteiger partial charge in [0.1, 0.15) is 0 Å². The number of carbonyl (C=O) groups is 1. The van der Waals surface area contributed by atoms with Crippen LogP contribution in [0.1, 0.15) is 55.5 Å². The van der Waals surface area contributed by atoms with E-state index >= 15 is 0 Å². The number of β-amino-alcohol motifs (C(OH)–C–C–N with tert-alkyl or cyclic N) is 1. The van der Waals surface area contributed by atoms with E-state index in [0.717, 1.165) is 30.4 Å². The summed E-state index contributed by atoms with van der Waals surface area (Å²) in [5.74, 6) is 0.233. The average molecular weight is 452 g/mol. The van der Waals surface area contributed by atoms with Gasteiger partial charge in [0, 0.05) is 18.2 Å². The van der Waals surface area contributed by atoms with Gasteiger partial charge in [-0.2, -0.15) is 0 Å². The lowest BCUT2D eigenvalue weighted by Gasteiger charge is -2.31. The largest absolute Gasteiger partial charge is 0.466 e. The van der Waals surface area contributed by atoms with Crippen molar-refractivity contribution in [1.29, 1.82) is 0 Å². The summed E-state index contributed by atoms with van der Waals surface area (Å²) in [4.78, 5) is 11.4. The van der Waals surface area contributed by atoms with Crippen molar-refractivity contribution in [2.24, 2.45) is 5.92 Å². The fraction of sp³-hybridized carbons (Fsp3) is 0.464. The molecule has 0 heterocycles. The monoisotopic (exact) mass is 451 g/mol. The maximum atomic E-state index is 11.4. The third kappa shape index (κ3) is 7.53. The van der Waals surface area contributed by atoms with Crippen molar-refractivity contribution in [3.8, 4) is 0 Å². The lowest BCUT2D eigenvalue weighted by atomic mass is 9.88. The van der Waals surface area contributed by atoms with Crippen LogP contribution in [-0.4, -0.2) is 43.0 Å². The fourth-order valence-corrected chi connectivity index (χ4v) is 4.65. The molecule has 5 heteroatoms. The minimum Gasteiger partial charge on any atom is -0.466 e. The first-order valence-electron chi connectivity index (χ1n) is 11.7. The Morgan fingerprint density at radius 2 is 1.79 bits per heavy atom. The minimum absolute atomic E-state index is 0.0649. The molecule has 2 aromatic rings. The highest BCUT2D eigenvalue weighted by atomic mass is 16.5. The molecule has 2 N–H and O–H groups in total. The smallest absolute Gasteiger partial charge is 0.330 e. The zero-order valence-electron chi connectivity index (χ0n) is 20.2. The molecule has 0 fully saturated rings. The first kappa shape index (κ1) is 25.2. The van der Waals surface area contributed by atoms with Gasteiger partial charge in [-0.15, -0.1) is 0 Å². The quantitative estimate of drug-likeness (QED) is 0.389. The Kier molecular flexibility index (Phi) is 8.84. The molecule has 0 radical (unpaired) electrons. The summed E-state index contributed by atoms with van der Waals surface area (Å²) in [6, 6.07) is 16.5. The predicted molar refractivity (Wildman–Crippen MR) is 132 cm³/mol. The van der Waals surface area contributed by atoms with Crippen LogP contribution < -0.4 is 5.32 Å². The van der Waals surface area contributed by atoms with E-state index in [0.29, 0.717) is 12.5 Å². The van der Waals surface area contributed by atoms with Crippen molar-refractivity contribution < 1.29 is 19.4 Å². The Hall–Kier alpha value is -2.47. The molecule has 1 aliphatic carbocycles. The van der Waals surface area contributed by atoms with E-state index in [2.05, 4.69) is 48.2 Å². The summed E-state index contributed by atoms with van der Waals surface area (Å²) >= 11 is 0. The van der Waals surface area contributed by atoms with Crippen molar-refractivity contribution in [1.82, 2.24) is 5.32 Å². The predicted octanol–water partition coefficient (Wildman–Crippen LogP) is 4.48. The van der Waals surface area contributed by atoms with Gasteiger partial charge in [-0.1, -0.05) is 48.5 Å². The Balaban J connectivity index is 1.45. The van der Waals surface area contributed by atoms with Crippen LogP contribution in [0.25, 0.3) is 6.08 Å². The molecule has 1 aliphatic rings. The van der Waals surface area contributed by atoms with Gasteiger partial charge in [0.05, 0.1) is 25.9 Å². The number of hydrogen-bond donors (Lipinski definition) is 2. The number of nitrogens with one attached hydrogen (secondary N) is 1. The summed E-state index contributed by atoms with van der Waals surface area (Å²) in [6.45, 7) is 7.07. The third-order valence-electron chi connectivity index (χ3n) is 6.32. The molecule has 5 nitrogen and oxygen atoms in total. The van der Waals surface area contributed by atoms with Crippen LogP contribution in [0, 0.1) is 5.92 Å². The molecule has 0 aliphatic heterocycles. The van der Waals surface area contributed by atoms with Crippen LogP contribution in [0.2, 0.25) is 0 Å². The maximum Gasteiger partial charge on any atom is 0.330 e. The fourth-order valence-electron chi connectivity index (χ4n) is 4.65. The van der Waals surface area contributed by atoms with Crippen LogP contribution in [0.3, 0.4) is 0 Å². The summed E-state index contributed by atoms with van der Waals surface area (Å²) in [7, 11) is 1.35. The van der Waals surface area contributed by atoms with E-state index in [1.54, 1.807) is 6.08 Å². The molecule has 2 aromatic carbocycles. The molecule has 0 spiro atoms. The molecular weight excluding hydrogens is 414 g/mol. The highest BCUT2D eigenvalue weighted by Crippen LogP contribution is 2.32. The SMILES string of the molecule is COC(=O)C=Cc1ccccc1[C@@H](C)OC[C@H](O)CNC(C)(C)CC1Cc2ccccc2C1. The number of rotatable bonds is 11. The second-order valence-electron chi connectivity index (χ2n) is 9.63. The highest BCUT2D eigenvalue weighted by molar-refractivity contribution is 5.87. The van der Waals surface area contributed by atoms with Gasteiger partial charge in [-0.25, -0.2) is 4.79 Å². The lowest BCUT2D eigenvalue weighted by Crippen LogP contribution is -2.45. The standard InChI is InChI=1S/C28H37NO4/c1-20(26-12-8-7-9-22(26)13-14-27(31)32-4)33-19-25(30)18-29-28(2,3)17-21-15-23-10-5-6-11-24(23)16-21/h5-14,20-21,25,29-30H,15-19H2,1-4H3/t20-,25-/m1/s1. The van der Waals surface area contributed by atoms with Crippen LogP contribution >= 0.6 is 0 Å². The molecule has 0 saturated heterocycles. The molecule has 2 atom stereocenters. The lowest BCUT2D eigenvalue weighted by molar-refractivity contribution is -0.134. The number of benzene rings is 2. The molecule has 0 amide bonds. The molecule has 33 heavy (non-hydrogen) atoms. The van der Waals surface area contributed by atoms with Gasteiger partial charge in [-0.05, 0) is 74.3 Å². The number of methoxy groups -OCH3 is 1. The van der Waals surface area contributed by atoms with E-state index in [4.69, 9.17) is 4.74 Å². The average Bonchev–Trinajstić information content (AvgIpc) is 3.21. The van der Waals surface area contributed by atoms with E-state index in [-0.39, 0.29) is 18.2 Å². The van der Waals surface area contributed by atoms with Gasteiger partial charge in [-0.3, -0.25) is 0 Å². The van der Waals surface area contributed by atoms with E-state index in [1.165, 1.54) is 24.3 Å². The zero-order valence-corrected chi connectivity index (χ0v) is 20.2. The number of hydrogen-bond acceptors (Lipinski definition) is 5. The van der Waals surface area contributed by atoms with Gasteiger partial charge in [0.15, 0.2) is 0 Å². The number of ether oxygens (including phenoxy) is 2. The van der Waals surface area contributed by atoms with E-state index in [9.17, 15) is 9.90 Å². The second kappa shape index (κ2) is 11.6. The van der Waals surface area contributed by atoms with Gasteiger partial charge >= 0.3 is 5.97 Å². The Morgan fingerprint density at radius 3 is 2.45 bits per heavy atom. The topological polar surface area (TPSA) is 67.8 Å². The van der Waals surface area contributed by atoms with Crippen molar-refractivity contribution in [2.45, 2.75) is 57.8 Å². The van der Waals surface area contributed by atoms with Gasteiger partial charge in [0.2, 0.25) is 0 Å². The van der Waals surface area contributed by atoms with Crippen molar-refractivity contribution in [3.63, 3.8) is 0 Å². The summed E-state index contributed by atoms with van der Waals surface area (Å²) in [5.41, 5.74) is 4.73. The Bertz CT molecular complexity index is 927. The Morgan fingerprint density at radius 1 is 1.15 bits per heavy atom. The number of carbonyl (C=O) groups excluding carboxylic acids is 1. The number of aliphatic hydroxyl groups excluding tert-OH is 1. The summed E-state index contributed by atoms with van der Waals surface area (Å²) < 4.78 is 10.6. The van der Waals surface area contributed by atoms with Crippen molar-refractivity contribution in [2.75, 3.05) is 20.3 Å². The highest BCUT2D eigenvalue weighted by Gasteiger charge is 2.28. The second-order valence-corrected chi connectivity index (χ2v) is 9.63. The molecule has 0 saturated carbocycles. The molecule has 178 valence electrons. The first-order valence-corrected chi connectivity index (χ1v) is 11.7. The summed E-state index contributed by atoms with van der Waals surface area (Å²) in [5, 5.41) is 14.1. The maximum absolute atomic E-state index is 11.4. The zero-order chi connectivity index (χ0) is 23.8. The van der Waals surface area contributed by atoms with Crippen molar-refractivity contribution in [3.05, 3.63) is 76.9 Å². The minimum atomic E-state index is -0.606. The van der Waals surface area contributed by atoms with Crippen LogP contribution in [0.15, 0.2) is 54.6 Å². The first-order chi connectivity index (χ1) is 15.8. The van der Waals surface area contributed by atoms with E-state index < -0.39 is 12.1 Å². The number of esters is 1. The molecule has 0 aromatic heterocycles. The van der Waals surface area contributed by atoms with Crippen LogP contribution in [-0.2, 0) is 27.1 Å². The number of fused-ring (bicyclic) bond motifs is 1. The van der Waals surface area contributed by atoms with Gasteiger partial charge < -0.3 is 19.9 Å². The third-order valence-corrected chi connectivity index (χ3v) is 6.32. The van der Waals surface area contributed by atoms with Gasteiger partial charge in [0.25, 0.3) is 0 Å². The van der Waals surface area contributed by atoms with Crippen LogP contribution in [0.5, 0.6) is 0 Å². The van der Waals surface area contributed by atoms with Crippen LogP contribution in [0.4, 0.5) is 0 Å². The molecule has 3 rings (SSSR count). The summed E-state index contributed by atoms with van der Waals surface area (Å²) in [6.07, 6.45) is 5.63. The van der Waals surface area contributed by atoms with Crippen molar-refractivity contribution >= 4 is 12.0 Å². The Labute approximate surface area is 197 Å². The molecule has 0 bridgehead atoms.